The Bertz CT molecular complexity index is 270. The smallest absolute Gasteiger partial charge is 0.316 e. The fourth-order valence-corrected chi connectivity index (χ4v) is 1.20. The number of nitrogens with one attached hydrogen (secondary N) is 2. The number of imidazole rings is 1. The number of nitrogens with zero attached hydrogens (tertiary/aromatic N) is 2. The topological polar surface area (TPSA) is 59.0 Å². The van der Waals surface area contributed by atoms with Gasteiger partial charge in [0.1, 0.15) is 6.17 Å². The van der Waals surface area contributed by atoms with Crippen LogP contribution in [0.5, 0.6) is 0 Å². The molecule has 0 saturated heterocycles. The average molecular weight is 196 g/mol. The van der Waals surface area contributed by atoms with Gasteiger partial charge in [-0.2, -0.15) is 0 Å². The highest BCUT2D eigenvalue weighted by Gasteiger charge is 2.09. The van der Waals surface area contributed by atoms with Crippen molar-refractivity contribution in [1.29, 1.82) is 0 Å². The molecule has 0 aliphatic rings. The van der Waals surface area contributed by atoms with E-state index in [1.165, 1.54) is 0 Å². The van der Waals surface area contributed by atoms with E-state index >= 15 is 0 Å². The minimum absolute atomic E-state index is 0.0240. The summed E-state index contributed by atoms with van der Waals surface area (Å²) in [6.45, 7) is 4.53. The molecule has 2 N–H and O–H groups in total. The Balaban J connectivity index is 2.51. The number of carbonyl (C=O) groups excluding carboxylic acids is 1. The minimum Gasteiger partial charge on any atom is -0.338 e. The summed E-state index contributed by atoms with van der Waals surface area (Å²) >= 11 is 0. The first kappa shape index (κ1) is 10.6. The van der Waals surface area contributed by atoms with Gasteiger partial charge in [0.25, 0.3) is 0 Å². The van der Waals surface area contributed by atoms with Crippen molar-refractivity contribution in [3.05, 3.63) is 18.7 Å². The van der Waals surface area contributed by atoms with Crippen LogP contribution in [-0.4, -0.2) is 22.1 Å². The third-order valence-electron chi connectivity index (χ3n) is 1.91. The molecule has 14 heavy (non-hydrogen) atoms. The fraction of sp³-hybridized carbons (Fsp3) is 0.556. The summed E-state index contributed by atoms with van der Waals surface area (Å²) in [5.74, 6) is 0. The summed E-state index contributed by atoms with van der Waals surface area (Å²) in [6.07, 6.45) is 6.03. The first-order chi connectivity index (χ1) is 6.77. The minimum atomic E-state index is -0.145. The Labute approximate surface area is 83.5 Å². The molecule has 0 aliphatic carbocycles. The maximum Gasteiger partial charge on any atom is 0.316 e. The molecule has 2 amide bonds. The number of amides is 2. The molecule has 1 heterocycles. The van der Waals surface area contributed by atoms with Crippen molar-refractivity contribution in [1.82, 2.24) is 20.2 Å². The molecular weight excluding hydrogens is 180 g/mol. The lowest BCUT2D eigenvalue weighted by molar-refractivity contribution is 0.231. The van der Waals surface area contributed by atoms with E-state index in [-0.39, 0.29) is 12.2 Å². The highest BCUT2D eigenvalue weighted by molar-refractivity contribution is 5.73. The van der Waals surface area contributed by atoms with Gasteiger partial charge in [-0.05, 0) is 13.3 Å². The van der Waals surface area contributed by atoms with Crippen molar-refractivity contribution >= 4 is 6.03 Å². The first-order valence-corrected chi connectivity index (χ1v) is 4.79. The van der Waals surface area contributed by atoms with Crippen LogP contribution in [0.4, 0.5) is 4.79 Å². The summed E-state index contributed by atoms with van der Waals surface area (Å²) in [5.41, 5.74) is 0. The molecule has 1 unspecified atom stereocenters. The molecule has 5 heteroatoms. The van der Waals surface area contributed by atoms with Crippen molar-refractivity contribution < 1.29 is 4.79 Å². The lowest BCUT2D eigenvalue weighted by atomic mass is 10.3. The Kier molecular flexibility index (Phi) is 3.97. The maximum absolute atomic E-state index is 11.3. The molecule has 1 rings (SSSR count). The number of hydrogen-bond donors (Lipinski definition) is 2. The van der Waals surface area contributed by atoms with E-state index < -0.39 is 0 Å². The summed E-state index contributed by atoms with van der Waals surface area (Å²) in [5, 5.41) is 5.53. The van der Waals surface area contributed by atoms with Gasteiger partial charge in [0.15, 0.2) is 0 Å². The molecular formula is C9H16N4O. The predicted octanol–water partition coefficient (Wildman–Crippen LogP) is 1.11. The number of rotatable bonds is 4. The van der Waals surface area contributed by atoms with Gasteiger partial charge in [-0.3, -0.25) is 0 Å². The molecule has 1 aromatic rings. The van der Waals surface area contributed by atoms with Crippen LogP contribution in [0.15, 0.2) is 18.7 Å². The quantitative estimate of drug-likeness (QED) is 0.757. The van der Waals surface area contributed by atoms with Crippen molar-refractivity contribution in [3.8, 4) is 0 Å². The number of carbonyl (C=O) groups is 1. The van der Waals surface area contributed by atoms with E-state index in [1.54, 1.807) is 12.5 Å². The molecule has 0 radical (unpaired) electrons. The number of hydrogen-bond acceptors (Lipinski definition) is 2. The van der Waals surface area contributed by atoms with Crippen LogP contribution in [-0.2, 0) is 0 Å². The Hall–Kier alpha value is -1.52. The van der Waals surface area contributed by atoms with Gasteiger partial charge in [-0.1, -0.05) is 6.92 Å². The lowest BCUT2D eigenvalue weighted by Gasteiger charge is -2.18. The van der Waals surface area contributed by atoms with E-state index in [4.69, 9.17) is 0 Å². The summed E-state index contributed by atoms with van der Waals surface area (Å²) in [7, 11) is 0. The normalized spacial score (nSPS) is 12.1. The average Bonchev–Trinajstić information content (AvgIpc) is 2.67. The van der Waals surface area contributed by atoms with E-state index in [0.29, 0.717) is 6.54 Å². The summed E-state index contributed by atoms with van der Waals surface area (Å²) < 4.78 is 1.87. The predicted molar refractivity (Wildman–Crippen MR) is 53.8 cm³/mol. The van der Waals surface area contributed by atoms with Crippen molar-refractivity contribution in [2.45, 2.75) is 26.4 Å². The molecule has 0 aliphatic heterocycles. The van der Waals surface area contributed by atoms with Gasteiger partial charge in [0, 0.05) is 18.9 Å². The fourth-order valence-electron chi connectivity index (χ4n) is 1.20. The van der Waals surface area contributed by atoms with Crippen molar-refractivity contribution in [3.63, 3.8) is 0 Å². The van der Waals surface area contributed by atoms with Crippen LogP contribution >= 0.6 is 0 Å². The standard InChI is InChI=1S/C9H16N4O/c1-3-8(12-9(14)11-4-2)13-6-5-10-7-13/h5-8H,3-4H2,1-2H3,(H2,11,12,14). The Morgan fingerprint density at radius 1 is 1.57 bits per heavy atom. The van der Waals surface area contributed by atoms with Crippen LogP contribution in [0.1, 0.15) is 26.4 Å². The molecule has 0 fully saturated rings. The summed E-state index contributed by atoms with van der Waals surface area (Å²) in [6, 6.07) is -0.145. The zero-order valence-electron chi connectivity index (χ0n) is 8.53. The van der Waals surface area contributed by atoms with Gasteiger partial charge < -0.3 is 15.2 Å². The molecule has 5 nitrogen and oxygen atoms in total. The van der Waals surface area contributed by atoms with Crippen LogP contribution in [0.25, 0.3) is 0 Å². The Morgan fingerprint density at radius 2 is 2.36 bits per heavy atom. The van der Waals surface area contributed by atoms with Crippen molar-refractivity contribution in [2.75, 3.05) is 6.54 Å². The third-order valence-corrected chi connectivity index (χ3v) is 1.91. The van der Waals surface area contributed by atoms with E-state index in [0.717, 1.165) is 6.42 Å². The monoisotopic (exact) mass is 196 g/mol. The second-order valence-corrected chi connectivity index (χ2v) is 2.94. The van der Waals surface area contributed by atoms with E-state index in [9.17, 15) is 4.79 Å². The van der Waals surface area contributed by atoms with Gasteiger partial charge in [-0.15, -0.1) is 0 Å². The highest BCUT2D eigenvalue weighted by atomic mass is 16.2. The van der Waals surface area contributed by atoms with Gasteiger partial charge in [0.2, 0.25) is 0 Å². The zero-order valence-corrected chi connectivity index (χ0v) is 8.53. The van der Waals surface area contributed by atoms with Gasteiger partial charge >= 0.3 is 6.03 Å². The van der Waals surface area contributed by atoms with Crippen LogP contribution in [0.2, 0.25) is 0 Å². The van der Waals surface area contributed by atoms with Crippen molar-refractivity contribution in [2.24, 2.45) is 0 Å². The molecule has 0 spiro atoms. The summed E-state index contributed by atoms with van der Waals surface area (Å²) in [4.78, 5) is 15.2. The number of aromatic nitrogens is 2. The van der Waals surface area contributed by atoms with Crippen LogP contribution < -0.4 is 10.6 Å². The zero-order chi connectivity index (χ0) is 10.4. The molecule has 1 atom stereocenters. The second kappa shape index (κ2) is 5.26. The SMILES string of the molecule is CCNC(=O)NC(CC)n1ccnc1. The van der Waals surface area contributed by atoms with E-state index in [2.05, 4.69) is 15.6 Å². The molecule has 0 saturated carbocycles. The number of urea groups is 1. The molecule has 0 bridgehead atoms. The molecule has 78 valence electrons. The first-order valence-electron chi connectivity index (χ1n) is 4.79. The highest BCUT2D eigenvalue weighted by Crippen LogP contribution is 2.05. The lowest BCUT2D eigenvalue weighted by Crippen LogP contribution is -2.39. The van der Waals surface area contributed by atoms with Crippen LogP contribution in [0.3, 0.4) is 0 Å². The van der Waals surface area contributed by atoms with Crippen LogP contribution in [0, 0.1) is 0 Å². The van der Waals surface area contributed by atoms with Gasteiger partial charge in [0.05, 0.1) is 6.33 Å². The van der Waals surface area contributed by atoms with E-state index in [1.807, 2.05) is 24.6 Å². The second-order valence-electron chi connectivity index (χ2n) is 2.94. The Morgan fingerprint density at radius 3 is 2.86 bits per heavy atom. The molecule has 1 aromatic heterocycles. The van der Waals surface area contributed by atoms with Gasteiger partial charge in [-0.25, -0.2) is 9.78 Å². The maximum atomic E-state index is 11.3. The molecule has 0 aromatic carbocycles. The third kappa shape index (κ3) is 2.76. The largest absolute Gasteiger partial charge is 0.338 e.